The smallest absolute Gasteiger partial charge is 0.335 e. The monoisotopic (exact) mass is 332 g/mol. The molecule has 1 aromatic rings. The van der Waals surface area contributed by atoms with E-state index in [2.05, 4.69) is 37.3 Å². The molecule has 84 valence electrons. The van der Waals surface area contributed by atoms with Gasteiger partial charge in [0, 0.05) is 25.8 Å². The lowest BCUT2D eigenvalue weighted by Crippen LogP contribution is -1.95. The Kier molecular flexibility index (Phi) is 7.17. The Morgan fingerprint density at radius 3 is 2.27 bits per heavy atom. The van der Waals surface area contributed by atoms with Crippen molar-refractivity contribution in [3.8, 4) is 0 Å². The molecule has 0 bridgehead atoms. The van der Waals surface area contributed by atoms with E-state index in [1.54, 1.807) is 18.2 Å². The molecule has 0 unspecified atom stereocenters. The second-order valence-electron chi connectivity index (χ2n) is 2.45. The first-order valence-electron chi connectivity index (χ1n) is 3.58. The molecule has 7 heteroatoms. The van der Waals surface area contributed by atoms with E-state index >= 15 is 0 Å². The molecule has 3 nitrogen and oxygen atoms in total. The van der Waals surface area contributed by atoms with Crippen LogP contribution in [0, 0.1) is 6.92 Å². The molecule has 0 aromatic heterocycles. The maximum Gasteiger partial charge on any atom is 0.335 e. The van der Waals surface area contributed by atoms with Crippen LogP contribution in [0.4, 0.5) is 0 Å². The number of halogens is 3. The van der Waals surface area contributed by atoms with Crippen LogP contribution in [0.2, 0.25) is 0 Å². The van der Waals surface area contributed by atoms with Crippen molar-refractivity contribution in [1.82, 2.24) is 0 Å². The molecule has 0 fully saturated rings. The van der Waals surface area contributed by atoms with E-state index < -0.39 is 15.2 Å². The van der Waals surface area contributed by atoms with Crippen molar-refractivity contribution in [3.05, 3.63) is 33.8 Å². The van der Waals surface area contributed by atoms with E-state index in [9.17, 15) is 4.79 Å². The summed E-state index contributed by atoms with van der Waals surface area (Å²) in [6, 6.07) is 4.95. The minimum absolute atomic E-state index is 0.308. The number of carbonyl (C=O) groups is 1. The summed E-state index contributed by atoms with van der Waals surface area (Å²) in [7, 11) is 7.36. The molecule has 0 radical (unpaired) electrons. The van der Waals surface area contributed by atoms with Gasteiger partial charge in [0.1, 0.15) is 0 Å². The SMILES string of the molecule is Cc1ccc(C(=O)O)cc1Br.O=S(Cl)Cl. The normalized spacial score (nSPS) is 9.40. The minimum Gasteiger partial charge on any atom is -0.478 e. The quantitative estimate of drug-likeness (QED) is 0.800. The highest BCUT2D eigenvalue weighted by atomic mass is 79.9. The van der Waals surface area contributed by atoms with E-state index in [-0.39, 0.29) is 0 Å². The van der Waals surface area contributed by atoms with Crippen molar-refractivity contribution in [1.29, 1.82) is 0 Å². The third kappa shape index (κ3) is 6.89. The Balaban J connectivity index is 0.000000423. The molecule has 0 amide bonds. The molecule has 0 aliphatic rings. The van der Waals surface area contributed by atoms with Gasteiger partial charge in [-0.25, -0.2) is 9.00 Å². The number of hydrogen-bond donors (Lipinski definition) is 1. The molecule has 1 N–H and O–H groups in total. The van der Waals surface area contributed by atoms with Crippen LogP contribution in [0.1, 0.15) is 15.9 Å². The fourth-order valence-corrected chi connectivity index (χ4v) is 1.10. The fourth-order valence-electron chi connectivity index (χ4n) is 0.726. The molecule has 0 spiro atoms. The molecule has 0 aliphatic heterocycles. The summed E-state index contributed by atoms with van der Waals surface area (Å²) in [6.45, 7) is 1.91. The first kappa shape index (κ1) is 14.9. The summed E-state index contributed by atoms with van der Waals surface area (Å²) in [4.78, 5) is 10.4. The Morgan fingerprint density at radius 2 is 1.93 bits per heavy atom. The highest BCUT2D eigenvalue weighted by Crippen LogP contribution is 2.17. The Bertz CT molecular complexity index is 380. The lowest BCUT2D eigenvalue weighted by molar-refractivity contribution is 0.0697. The molecule has 0 heterocycles. The van der Waals surface area contributed by atoms with Gasteiger partial charge < -0.3 is 5.11 Å². The number of carboxylic acid groups (broad SMARTS) is 1. The Morgan fingerprint density at radius 1 is 1.47 bits per heavy atom. The van der Waals surface area contributed by atoms with Gasteiger partial charge in [-0.1, -0.05) is 22.0 Å². The topological polar surface area (TPSA) is 54.4 Å². The fraction of sp³-hybridized carbons (Fsp3) is 0.125. The highest BCUT2D eigenvalue weighted by Gasteiger charge is 2.03. The van der Waals surface area contributed by atoms with Crippen LogP contribution in [-0.4, -0.2) is 15.3 Å². The van der Waals surface area contributed by atoms with Gasteiger partial charge in [-0.15, -0.1) is 0 Å². The summed E-state index contributed by atoms with van der Waals surface area (Å²) in [6.07, 6.45) is 0. The zero-order valence-electron chi connectivity index (χ0n) is 7.54. The van der Waals surface area contributed by atoms with Crippen LogP contribution in [-0.2, 0) is 9.23 Å². The maximum atomic E-state index is 10.4. The first-order chi connectivity index (χ1) is 6.84. The highest BCUT2D eigenvalue weighted by molar-refractivity contribution is 9.10. The van der Waals surface area contributed by atoms with Crippen molar-refractivity contribution in [2.75, 3.05) is 0 Å². The predicted molar refractivity (Wildman–Crippen MR) is 65.7 cm³/mol. The molecule has 0 atom stereocenters. The average molecular weight is 334 g/mol. The van der Waals surface area contributed by atoms with E-state index in [0.29, 0.717) is 5.56 Å². The van der Waals surface area contributed by atoms with Crippen LogP contribution in [0.25, 0.3) is 0 Å². The summed E-state index contributed by atoms with van der Waals surface area (Å²) in [5, 5.41) is 8.58. The van der Waals surface area contributed by atoms with Gasteiger partial charge in [0.25, 0.3) is 0 Å². The molecule has 1 rings (SSSR count). The van der Waals surface area contributed by atoms with E-state index in [1.807, 2.05) is 6.92 Å². The second-order valence-corrected chi connectivity index (χ2v) is 5.83. The molecule has 1 aromatic carbocycles. The predicted octanol–water partition coefficient (Wildman–Crippen LogP) is 3.50. The van der Waals surface area contributed by atoms with Gasteiger partial charge in [-0.3, -0.25) is 0 Å². The van der Waals surface area contributed by atoms with Crippen molar-refractivity contribution in [3.63, 3.8) is 0 Å². The Hall–Kier alpha value is -0.100. The van der Waals surface area contributed by atoms with Gasteiger partial charge in [0.15, 0.2) is 0 Å². The summed E-state index contributed by atoms with van der Waals surface area (Å²) in [5.74, 6) is -0.897. The molecule has 15 heavy (non-hydrogen) atoms. The van der Waals surface area contributed by atoms with Crippen LogP contribution in [0.5, 0.6) is 0 Å². The van der Waals surface area contributed by atoms with Gasteiger partial charge >= 0.3 is 5.97 Å². The van der Waals surface area contributed by atoms with Gasteiger partial charge in [0.2, 0.25) is 9.23 Å². The summed E-state index contributed by atoms with van der Waals surface area (Å²) < 4.78 is 9.92. The second kappa shape index (κ2) is 7.22. The number of aryl methyl sites for hydroxylation is 1. The molecular weight excluding hydrogens is 327 g/mol. The first-order valence-corrected chi connectivity index (χ1v) is 7.18. The zero-order valence-corrected chi connectivity index (χ0v) is 11.5. The van der Waals surface area contributed by atoms with E-state index in [1.165, 1.54) is 0 Å². The summed E-state index contributed by atoms with van der Waals surface area (Å²) >= 11 is 3.25. The average Bonchev–Trinajstić information content (AvgIpc) is 2.08. The largest absolute Gasteiger partial charge is 0.478 e. The maximum absolute atomic E-state index is 10.4. The van der Waals surface area contributed by atoms with Gasteiger partial charge in [0.05, 0.1) is 5.56 Å². The van der Waals surface area contributed by atoms with Crippen LogP contribution in [0.3, 0.4) is 0 Å². The number of rotatable bonds is 1. The number of benzene rings is 1. The number of aromatic carboxylic acids is 1. The Labute approximate surface area is 107 Å². The van der Waals surface area contributed by atoms with Crippen molar-refractivity contribution in [2.24, 2.45) is 0 Å². The summed E-state index contributed by atoms with van der Waals surface area (Å²) in [5.41, 5.74) is 1.34. The lowest BCUT2D eigenvalue weighted by Gasteiger charge is -1.98. The number of hydrogen-bond acceptors (Lipinski definition) is 2. The lowest BCUT2D eigenvalue weighted by atomic mass is 10.2. The standard InChI is InChI=1S/C8H7BrO2.Cl2OS/c1-5-2-3-6(8(10)11)4-7(5)9;1-4(2)3/h2-4H,1H3,(H,10,11);. The van der Waals surface area contributed by atoms with Crippen molar-refractivity contribution in [2.45, 2.75) is 6.92 Å². The van der Waals surface area contributed by atoms with Crippen LogP contribution >= 0.6 is 37.3 Å². The third-order valence-corrected chi connectivity index (χ3v) is 2.27. The molecule has 0 saturated carbocycles. The number of carboxylic acids is 1. The van der Waals surface area contributed by atoms with Crippen molar-refractivity contribution < 1.29 is 14.1 Å². The van der Waals surface area contributed by atoms with Crippen LogP contribution in [0.15, 0.2) is 22.7 Å². The molecular formula is C8H7BrCl2O3S. The van der Waals surface area contributed by atoms with Crippen molar-refractivity contribution >= 4 is 52.5 Å². The van der Waals surface area contributed by atoms with E-state index in [0.717, 1.165) is 10.0 Å². The zero-order chi connectivity index (χ0) is 12.0. The third-order valence-electron chi connectivity index (χ3n) is 1.42. The van der Waals surface area contributed by atoms with Gasteiger partial charge in [-0.05, 0) is 24.6 Å². The van der Waals surface area contributed by atoms with E-state index in [4.69, 9.17) is 9.32 Å². The van der Waals surface area contributed by atoms with Gasteiger partial charge in [-0.2, -0.15) is 0 Å². The molecule has 0 saturated heterocycles. The minimum atomic E-state index is -1.67. The molecule has 0 aliphatic carbocycles. The van der Waals surface area contributed by atoms with Crippen LogP contribution < -0.4 is 0 Å².